The maximum absolute atomic E-state index is 13.2. The van der Waals surface area contributed by atoms with Gasteiger partial charge in [-0.15, -0.1) is 8.75 Å². The Morgan fingerprint density at radius 1 is 0.487 bits per heavy atom. The molecule has 0 saturated carbocycles. The fourth-order valence-corrected chi connectivity index (χ4v) is 14.0. The highest BCUT2D eigenvalue weighted by Crippen LogP contribution is 2.41. The normalized spacial score (nSPS) is 19.7. The topological polar surface area (TPSA) is 300 Å². The molecule has 0 spiro atoms. The number of ether oxygens (including phenoxy) is 2. The smallest absolute Gasteiger partial charge is 0.416 e. The molecule has 4 aliphatic rings. The lowest BCUT2D eigenvalue weighted by atomic mass is 10.1. The lowest BCUT2D eigenvalue weighted by molar-refractivity contribution is -0.144. The van der Waals surface area contributed by atoms with Gasteiger partial charge in [-0.2, -0.15) is 83.9 Å². The third kappa shape index (κ3) is 30.1. The Kier molecular flexibility index (Phi) is 35.2. The van der Waals surface area contributed by atoms with Gasteiger partial charge in [0, 0.05) is 144 Å². The Morgan fingerprint density at radius 2 is 0.823 bits per heavy atom. The number of nitrogens with one attached hydrogen (secondary N) is 5. The van der Waals surface area contributed by atoms with E-state index in [0.29, 0.717) is 89.9 Å². The number of aliphatic hydroxyl groups is 1. The second-order valence-electron chi connectivity index (χ2n) is 25.9. The van der Waals surface area contributed by atoms with Crippen LogP contribution in [0.25, 0.3) is 0 Å². The number of carbonyl (C=O) groups excluding carboxylic acids is 2. The number of amides is 2. The fourth-order valence-electron chi connectivity index (χ4n) is 11.5. The number of carbonyl (C=O) groups is 1. The van der Waals surface area contributed by atoms with E-state index in [9.17, 15) is 62.3 Å². The van der Waals surface area contributed by atoms with E-state index >= 15 is 0 Å². The number of urea groups is 1. The number of hydrogen-bond donors (Lipinski definition) is 6. The summed E-state index contributed by atoms with van der Waals surface area (Å²) >= 11 is 20.9. The number of piperazine rings is 4. The molecule has 11 heterocycles. The van der Waals surface area contributed by atoms with Crippen LogP contribution >= 0.6 is 81.7 Å². The van der Waals surface area contributed by atoms with Crippen LogP contribution in [-0.2, 0) is 49.3 Å². The highest BCUT2D eigenvalue weighted by molar-refractivity contribution is 7.00. The van der Waals surface area contributed by atoms with Crippen molar-refractivity contribution >= 4 is 123 Å². The van der Waals surface area contributed by atoms with Gasteiger partial charge in [0.2, 0.25) is 17.7 Å². The number of benzene rings is 2. The van der Waals surface area contributed by atoms with E-state index < -0.39 is 76.4 Å². The zero-order chi connectivity index (χ0) is 82.8. The molecule has 45 heteroatoms. The van der Waals surface area contributed by atoms with Crippen molar-refractivity contribution in [2.45, 2.75) is 148 Å². The molecule has 4 aliphatic heterocycles. The molecule has 0 bridgehead atoms. The first kappa shape index (κ1) is 91.8. The standard InChI is InChI=1S/C23H22F6N6O2S.C14H19N5OS.C9H3F6NO.C8H13ClN4S.C6H14N2.C6H7NO.C2Cl2N2S/c1-13-10-34(19-20(33-38-32-19)37-12-15-3-5-30-6-4-15)11-14(2)35(13)21(36)31-18-8-16(22(24,25)26)7-17(9-18)23(27,28)29;1-10-7-19(8-11(2)16-10)13-14(18-21-17-13)20-9-12-3-5-15-6-4-12;10-8(11,12)5-1-6(9(13,14)15)3-7(2-5)16-4-17;1-5-3-13(4-6(2)10-5)8-7(9)11-14-12-8;1-5-3-7-4-6(2)8-5;8-5-6-1-3-7-4-2-6;3-1-2(4)6-7-5-1/h3-9,13-14H,10-12H2,1-2H3,(H,31,36);3-6,10-11,16H,7-9H2,1-2H3;1-3H;5-6,10H,3-4H2,1-2H3;5-8H,3-4H2,1-2H3;1-4,8H,5H2;. The van der Waals surface area contributed by atoms with Gasteiger partial charge in [0.05, 0.1) is 81.5 Å². The van der Waals surface area contributed by atoms with Gasteiger partial charge in [-0.1, -0.05) is 34.8 Å². The van der Waals surface area contributed by atoms with E-state index in [1.165, 1.54) is 28.4 Å². The highest BCUT2D eigenvalue weighted by Gasteiger charge is 2.41. The van der Waals surface area contributed by atoms with Gasteiger partial charge in [-0.25, -0.2) is 9.59 Å². The number of nitrogens with zero attached hydrogens (tertiary/aromatic N) is 16. The first-order valence-corrected chi connectivity index (χ1v) is 38.2. The van der Waals surface area contributed by atoms with Crippen molar-refractivity contribution in [3.05, 3.63) is 164 Å². The van der Waals surface area contributed by atoms with Crippen molar-refractivity contribution in [3.8, 4) is 11.8 Å². The third-order valence-electron chi connectivity index (χ3n) is 16.1. The fraction of sp³-hybridized carbons (Fsp3) is 0.456. The zero-order valence-corrected chi connectivity index (χ0v) is 66.9. The summed E-state index contributed by atoms with van der Waals surface area (Å²) in [6, 6.07) is 14.0. The van der Waals surface area contributed by atoms with Crippen molar-refractivity contribution in [1.29, 1.82) is 0 Å². The molecule has 8 unspecified atom stereocenters. The lowest BCUT2D eigenvalue weighted by Crippen LogP contribution is -2.59. The molecule has 2 amide bonds. The number of hydrogen-bond acceptors (Lipinski definition) is 28. The minimum absolute atomic E-state index is 0.00983. The van der Waals surface area contributed by atoms with E-state index in [1.807, 2.05) is 17.0 Å². The van der Waals surface area contributed by atoms with Crippen LogP contribution in [0.1, 0.15) is 94.3 Å². The van der Waals surface area contributed by atoms with E-state index in [-0.39, 0.29) is 48.7 Å². The van der Waals surface area contributed by atoms with Crippen LogP contribution in [0.2, 0.25) is 15.5 Å². The summed E-state index contributed by atoms with van der Waals surface area (Å²) in [5.41, 5.74) is -4.57. The minimum atomic E-state index is -5.02. The quantitative estimate of drug-likeness (QED) is 0.0376. The van der Waals surface area contributed by atoms with E-state index in [4.69, 9.17) is 49.4 Å². The molecule has 6 N–H and O–H groups in total. The van der Waals surface area contributed by atoms with Crippen LogP contribution in [0.15, 0.2) is 115 Å². The number of anilines is 4. The summed E-state index contributed by atoms with van der Waals surface area (Å²) < 4.78 is 197. The Hall–Kier alpha value is -8.39. The van der Waals surface area contributed by atoms with Gasteiger partial charge in [0.25, 0.3) is 11.8 Å². The number of aliphatic imine (C=N–C) groups is 1. The average molecular weight is 1730 g/mol. The van der Waals surface area contributed by atoms with Crippen LogP contribution in [0.5, 0.6) is 11.8 Å². The highest BCUT2D eigenvalue weighted by atomic mass is 35.5. The minimum Gasteiger partial charge on any atom is -0.470 e. The molecule has 0 radical (unpaired) electrons. The predicted octanol–water partition coefficient (Wildman–Crippen LogP) is 14.8. The summed E-state index contributed by atoms with van der Waals surface area (Å²) in [7, 11) is 0. The molecule has 9 aromatic rings. The van der Waals surface area contributed by atoms with Crippen LogP contribution in [0, 0.1) is 0 Å². The van der Waals surface area contributed by atoms with Gasteiger partial charge >= 0.3 is 30.7 Å². The maximum atomic E-state index is 13.2. The first-order valence-electron chi connectivity index (χ1n) is 34.2. The monoisotopic (exact) mass is 1730 g/mol. The number of isocyanates is 1. The number of aliphatic hydroxyl groups excluding tert-OH is 1. The lowest BCUT2D eigenvalue weighted by Gasteiger charge is -2.44. The van der Waals surface area contributed by atoms with Crippen LogP contribution in [0.4, 0.5) is 86.3 Å². The molecular formula is C68H78Cl3F12N21O5S4. The maximum Gasteiger partial charge on any atom is 0.416 e. The summed E-state index contributed by atoms with van der Waals surface area (Å²) in [5, 5.41) is 25.5. The Bertz CT molecular complexity index is 4290. The number of aromatic nitrogens is 11. The first-order chi connectivity index (χ1) is 53.4. The second kappa shape index (κ2) is 43.4. The molecule has 4 saturated heterocycles. The van der Waals surface area contributed by atoms with E-state index in [2.05, 4.69) is 133 Å². The van der Waals surface area contributed by atoms with Crippen molar-refractivity contribution in [2.24, 2.45) is 4.99 Å². The van der Waals surface area contributed by atoms with Crippen molar-refractivity contribution in [1.82, 2.24) is 76.1 Å². The van der Waals surface area contributed by atoms with Crippen molar-refractivity contribution < 1.29 is 76.9 Å². The number of halogens is 15. The second-order valence-corrected chi connectivity index (χ2v) is 29.1. The molecule has 113 heavy (non-hydrogen) atoms. The van der Waals surface area contributed by atoms with Crippen LogP contribution in [-0.4, -0.2) is 173 Å². The summed E-state index contributed by atoms with van der Waals surface area (Å²) in [5.74, 6) is 3.10. The number of alkyl halides is 12. The molecule has 7 aromatic heterocycles. The van der Waals surface area contributed by atoms with Gasteiger partial charge in [0.15, 0.2) is 21.3 Å². The van der Waals surface area contributed by atoms with Crippen molar-refractivity contribution in [2.75, 3.05) is 72.4 Å². The molecule has 4 fully saturated rings. The zero-order valence-electron chi connectivity index (χ0n) is 61.3. The van der Waals surface area contributed by atoms with Crippen LogP contribution in [0.3, 0.4) is 0 Å². The molecular weight excluding hydrogens is 1650 g/mol. The number of pyridine rings is 3. The van der Waals surface area contributed by atoms with Gasteiger partial charge in [-0.3, -0.25) is 15.0 Å². The summed E-state index contributed by atoms with van der Waals surface area (Å²) in [6.07, 6.45) is -8.95. The molecule has 26 nitrogen and oxygen atoms in total. The van der Waals surface area contributed by atoms with Gasteiger partial charge in [0.1, 0.15) is 13.2 Å². The summed E-state index contributed by atoms with van der Waals surface area (Å²) in [4.78, 5) is 45.0. The molecule has 8 atom stereocenters. The van der Waals surface area contributed by atoms with E-state index in [0.717, 1.165) is 97.1 Å². The van der Waals surface area contributed by atoms with Crippen molar-refractivity contribution in [3.63, 3.8) is 0 Å². The molecule has 0 aliphatic carbocycles. The number of rotatable bonds is 12. The predicted molar refractivity (Wildman–Crippen MR) is 408 cm³/mol. The van der Waals surface area contributed by atoms with Crippen LogP contribution < -0.4 is 50.8 Å². The SMILES string of the molecule is CC1CN(c2nsnc2Cl)CC(C)N1.CC1CN(c2nsnc2OCc2ccncc2)CC(C)N1.CC1CN(c2nsnc2OCc2ccncc2)CC(C)N1C(=O)Nc1cc(C(F)(F)F)cc(C(F)(F)F)c1.CC1CNCC(C)N1.Clc1nsnc1Cl.O=C=Nc1cc(C(F)(F)F)cc(C(F)(F)F)c1.OCc1ccncc1. The Labute approximate surface area is 673 Å². The van der Waals surface area contributed by atoms with E-state index in [1.54, 1.807) is 75.3 Å². The third-order valence-corrected chi connectivity index (χ3v) is 19.4. The Morgan fingerprint density at radius 3 is 1.15 bits per heavy atom. The molecule has 13 rings (SSSR count). The van der Waals surface area contributed by atoms with Gasteiger partial charge < -0.3 is 60.8 Å². The average Bonchev–Trinajstić information content (AvgIpc) is 1.70. The van der Waals surface area contributed by atoms with Gasteiger partial charge in [-0.05, 0) is 145 Å². The molecule has 2 aromatic carbocycles. The Balaban J connectivity index is 0.000000200. The molecule has 614 valence electrons. The largest absolute Gasteiger partial charge is 0.470 e. The summed E-state index contributed by atoms with van der Waals surface area (Å²) in [6.45, 7) is 23.8.